The smallest absolute Gasteiger partial charge is 0.295 e. The van der Waals surface area contributed by atoms with Crippen LogP contribution in [0, 0.1) is 10.1 Å². The van der Waals surface area contributed by atoms with Crippen molar-refractivity contribution in [2.24, 2.45) is 0 Å². The minimum absolute atomic E-state index is 0.0370. The average Bonchev–Trinajstić information content (AvgIpc) is 2.28. The lowest BCUT2D eigenvalue weighted by Crippen LogP contribution is -2.10. The average molecular weight is 231 g/mol. The molecule has 0 aliphatic carbocycles. The molecule has 88 valence electrons. The first-order chi connectivity index (χ1) is 8.09. The molecule has 5 heteroatoms. The standard InChI is InChI=1S/C12H13N3O2/c1-8(2)14-10-5-6-11(15(16)17)12-9(10)4-3-7-13-12/h3-8,14H,1-2H3. The number of rotatable bonds is 3. The third kappa shape index (κ3) is 2.18. The van der Waals surface area contributed by atoms with Gasteiger partial charge < -0.3 is 5.32 Å². The van der Waals surface area contributed by atoms with Crippen molar-refractivity contribution in [3.05, 3.63) is 40.6 Å². The van der Waals surface area contributed by atoms with Crippen LogP contribution in [-0.4, -0.2) is 15.9 Å². The Kier molecular flexibility index (Phi) is 2.91. The quantitative estimate of drug-likeness (QED) is 0.651. The van der Waals surface area contributed by atoms with E-state index < -0.39 is 4.92 Å². The van der Waals surface area contributed by atoms with Crippen LogP contribution >= 0.6 is 0 Å². The van der Waals surface area contributed by atoms with Crippen LogP contribution in [0.1, 0.15) is 13.8 Å². The number of aromatic nitrogens is 1. The second-order valence-electron chi connectivity index (χ2n) is 4.09. The molecule has 0 radical (unpaired) electrons. The Morgan fingerprint density at radius 3 is 2.76 bits per heavy atom. The molecule has 17 heavy (non-hydrogen) atoms. The fraction of sp³-hybridized carbons (Fsp3) is 0.250. The summed E-state index contributed by atoms with van der Waals surface area (Å²) < 4.78 is 0. The molecule has 0 amide bonds. The van der Waals surface area contributed by atoms with E-state index in [-0.39, 0.29) is 11.7 Å². The monoisotopic (exact) mass is 231 g/mol. The fourth-order valence-corrected chi connectivity index (χ4v) is 1.74. The van der Waals surface area contributed by atoms with Gasteiger partial charge in [0.15, 0.2) is 0 Å². The maximum atomic E-state index is 10.9. The first-order valence-electron chi connectivity index (χ1n) is 5.38. The molecule has 5 nitrogen and oxygen atoms in total. The van der Waals surface area contributed by atoms with Crippen LogP contribution in [0.5, 0.6) is 0 Å². The summed E-state index contributed by atoms with van der Waals surface area (Å²) in [5.74, 6) is 0. The van der Waals surface area contributed by atoms with E-state index in [0.29, 0.717) is 5.52 Å². The largest absolute Gasteiger partial charge is 0.382 e. The number of nitro benzene ring substituents is 1. The van der Waals surface area contributed by atoms with Crippen molar-refractivity contribution < 1.29 is 4.92 Å². The molecule has 0 aliphatic heterocycles. The molecule has 0 bridgehead atoms. The van der Waals surface area contributed by atoms with Gasteiger partial charge in [0.1, 0.15) is 5.52 Å². The summed E-state index contributed by atoms with van der Waals surface area (Å²) in [7, 11) is 0. The fourth-order valence-electron chi connectivity index (χ4n) is 1.74. The zero-order chi connectivity index (χ0) is 12.4. The number of nitrogens with one attached hydrogen (secondary N) is 1. The van der Waals surface area contributed by atoms with Crippen LogP contribution in [0.25, 0.3) is 10.9 Å². The minimum atomic E-state index is -0.408. The topological polar surface area (TPSA) is 68.1 Å². The molecule has 0 unspecified atom stereocenters. The van der Waals surface area contributed by atoms with Gasteiger partial charge in [0.05, 0.1) is 4.92 Å². The van der Waals surface area contributed by atoms with Gasteiger partial charge >= 0.3 is 0 Å². The molecule has 2 rings (SSSR count). The van der Waals surface area contributed by atoms with E-state index in [4.69, 9.17) is 0 Å². The Morgan fingerprint density at radius 1 is 1.35 bits per heavy atom. The van der Waals surface area contributed by atoms with Crippen LogP contribution in [0.15, 0.2) is 30.5 Å². The lowest BCUT2D eigenvalue weighted by Gasteiger charge is -2.12. The highest BCUT2D eigenvalue weighted by atomic mass is 16.6. The van der Waals surface area contributed by atoms with E-state index in [1.165, 1.54) is 6.07 Å². The predicted molar refractivity (Wildman–Crippen MR) is 67.2 cm³/mol. The highest BCUT2D eigenvalue weighted by Gasteiger charge is 2.15. The molecule has 1 aromatic heterocycles. The highest BCUT2D eigenvalue weighted by molar-refractivity contribution is 5.96. The summed E-state index contributed by atoms with van der Waals surface area (Å²) in [5.41, 5.74) is 1.33. The Morgan fingerprint density at radius 2 is 2.12 bits per heavy atom. The number of nitro groups is 1. The number of fused-ring (bicyclic) bond motifs is 1. The molecule has 1 aromatic carbocycles. The predicted octanol–water partition coefficient (Wildman–Crippen LogP) is 2.96. The number of nitrogens with zero attached hydrogens (tertiary/aromatic N) is 2. The third-order valence-electron chi connectivity index (χ3n) is 2.39. The summed E-state index contributed by atoms with van der Waals surface area (Å²) in [6.07, 6.45) is 1.56. The summed E-state index contributed by atoms with van der Waals surface area (Å²) >= 11 is 0. The summed E-state index contributed by atoms with van der Waals surface area (Å²) in [6, 6.07) is 7.08. The van der Waals surface area contributed by atoms with E-state index >= 15 is 0 Å². The van der Waals surface area contributed by atoms with E-state index in [2.05, 4.69) is 10.3 Å². The molecule has 0 atom stereocenters. The van der Waals surface area contributed by atoms with Gasteiger partial charge in [-0.25, -0.2) is 4.98 Å². The normalized spacial score (nSPS) is 10.8. The van der Waals surface area contributed by atoms with Gasteiger partial charge in [-0.2, -0.15) is 0 Å². The second-order valence-corrected chi connectivity index (χ2v) is 4.09. The molecular formula is C12H13N3O2. The van der Waals surface area contributed by atoms with E-state index in [0.717, 1.165) is 11.1 Å². The first kappa shape index (κ1) is 11.3. The summed E-state index contributed by atoms with van der Waals surface area (Å²) in [6.45, 7) is 4.03. The van der Waals surface area contributed by atoms with Crippen LogP contribution in [0.4, 0.5) is 11.4 Å². The minimum Gasteiger partial charge on any atom is -0.382 e. The third-order valence-corrected chi connectivity index (χ3v) is 2.39. The van der Waals surface area contributed by atoms with E-state index in [1.807, 2.05) is 19.9 Å². The molecular weight excluding hydrogens is 218 g/mol. The lowest BCUT2D eigenvalue weighted by molar-refractivity contribution is -0.383. The number of anilines is 1. The number of non-ortho nitro benzene ring substituents is 1. The van der Waals surface area contributed by atoms with Crippen molar-refractivity contribution in [3.63, 3.8) is 0 Å². The van der Waals surface area contributed by atoms with Crippen LogP contribution < -0.4 is 5.32 Å². The van der Waals surface area contributed by atoms with Crippen molar-refractivity contribution in [3.8, 4) is 0 Å². The van der Waals surface area contributed by atoms with Crippen molar-refractivity contribution >= 4 is 22.3 Å². The maximum absolute atomic E-state index is 10.9. The molecule has 0 spiro atoms. The first-order valence-corrected chi connectivity index (χ1v) is 5.38. The van der Waals surface area contributed by atoms with Gasteiger partial charge in [-0.1, -0.05) is 0 Å². The molecule has 1 heterocycles. The van der Waals surface area contributed by atoms with Gasteiger partial charge in [-0.3, -0.25) is 10.1 Å². The maximum Gasteiger partial charge on any atom is 0.295 e. The summed E-state index contributed by atoms with van der Waals surface area (Å²) in [4.78, 5) is 14.6. The Bertz CT molecular complexity index is 567. The Hall–Kier alpha value is -2.17. The zero-order valence-corrected chi connectivity index (χ0v) is 9.68. The van der Waals surface area contributed by atoms with Gasteiger partial charge in [0.2, 0.25) is 0 Å². The molecule has 0 fully saturated rings. The highest BCUT2D eigenvalue weighted by Crippen LogP contribution is 2.29. The van der Waals surface area contributed by atoms with Gasteiger partial charge in [0, 0.05) is 29.4 Å². The molecule has 0 aliphatic rings. The number of hydrogen-bond donors (Lipinski definition) is 1. The lowest BCUT2D eigenvalue weighted by atomic mass is 10.1. The van der Waals surface area contributed by atoms with Crippen molar-refractivity contribution in [2.75, 3.05) is 5.32 Å². The van der Waals surface area contributed by atoms with Gasteiger partial charge in [0.25, 0.3) is 5.69 Å². The zero-order valence-electron chi connectivity index (χ0n) is 9.68. The van der Waals surface area contributed by atoms with Crippen molar-refractivity contribution in [1.82, 2.24) is 4.98 Å². The molecule has 0 saturated heterocycles. The van der Waals surface area contributed by atoms with E-state index in [9.17, 15) is 10.1 Å². The van der Waals surface area contributed by atoms with Crippen LogP contribution in [-0.2, 0) is 0 Å². The van der Waals surface area contributed by atoms with Crippen LogP contribution in [0.2, 0.25) is 0 Å². The molecule has 0 saturated carbocycles. The van der Waals surface area contributed by atoms with Crippen molar-refractivity contribution in [1.29, 1.82) is 0 Å². The second kappa shape index (κ2) is 4.37. The van der Waals surface area contributed by atoms with Crippen molar-refractivity contribution in [2.45, 2.75) is 19.9 Å². The van der Waals surface area contributed by atoms with E-state index in [1.54, 1.807) is 18.3 Å². The molecule has 2 aromatic rings. The Labute approximate surface area is 98.6 Å². The molecule has 1 N–H and O–H groups in total. The van der Waals surface area contributed by atoms with Crippen LogP contribution in [0.3, 0.4) is 0 Å². The summed E-state index contributed by atoms with van der Waals surface area (Å²) in [5, 5.41) is 14.9. The van der Waals surface area contributed by atoms with Gasteiger partial charge in [-0.15, -0.1) is 0 Å². The number of benzene rings is 1. The number of hydrogen-bond acceptors (Lipinski definition) is 4. The number of pyridine rings is 1. The Balaban J connectivity index is 2.66. The SMILES string of the molecule is CC(C)Nc1ccc([N+](=O)[O-])c2ncccc12. The van der Waals surface area contributed by atoms with Gasteiger partial charge in [-0.05, 0) is 32.0 Å².